The molecule has 0 fully saturated rings. The van der Waals surface area contributed by atoms with Gasteiger partial charge in [-0.3, -0.25) is 0 Å². The van der Waals surface area contributed by atoms with Gasteiger partial charge in [-0.15, -0.1) is 0 Å². The normalized spacial score (nSPS) is 10.8. The summed E-state index contributed by atoms with van der Waals surface area (Å²) in [6, 6.07) is 3.33. The Morgan fingerprint density at radius 1 is 1.26 bits per heavy atom. The summed E-state index contributed by atoms with van der Waals surface area (Å²) in [6.45, 7) is 7.20. The number of nitrogens with zero attached hydrogens (tertiary/aromatic N) is 1. The quantitative estimate of drug-likeness (QED) is 0.595. The van der Waals surface area contributed by atoms with Crippen LogP contribution >= 0.6 is 31.9 Å². The van der Waals surface area contributed by atoms with Crippen molar-refractivity contribution in [2.45, 2.75) is 13.8 Å². The lowest BCUT2D eigenvalue weighted by Gasteiger charge is -2.17. The molecular weight excluding hydrogens is 376 g/mol. The number of likely N-dealkylation sites (N-methyl/N-ethyl adjacent to an activating group) is 1. The van der Waals surface area contributed by atoms with Crippen LogP contribution in [0.2, 0.25) is 0 Å². The maximum Gasteiger partial charge on any atom is 0.338 e. The van der Waals surface area contributed by atoms with E-state index in [1.165, 1.54) is 0 Å². The van der Waals surface area contributed by atoms with Crippen LogP contribution in [-0.4, -0.2) is 37.1 Å². The number of esters is 1. The number of nitrogens with two attached hydrogens (primary N) is 1. The molecule has 0 atom stereocenters. The molecule has 0 aliphatic carbocycles. The van der Waals surface area contributed by atoms with Crippen molar-refractivity contribution >= 4 is 43.5 Å². The van der Waals surface area contributed by atoms with Crippen LogP contribution in [0.25, 0.3) is 0 Å². The Labute approximate surface area is 130 Å². The summed E-state index contributed by atoms with van der Waals surface area (Å²) < 4.78 is 6.61. The van der Waals surface area contributed by atoms with Gasteiger partial charge in [-0.1, -0.05) is 13.8 Å². The number of nitrogen functional groups attached to an aromatic ring is 1. The first-order chi connectivity index (χ1) is 8.99. The van der Waals surface area contributed by atoms with Gasteiger partial charge in [0.05, 0.1) is 11.3 Å². The fourth-order valence-electron chi connectivity index (χ4n) is 1.59. The molecule has 0 aromatic heterocycles. The molecule has 2 N–H and O–H groups in total. The molecule has 19 heavy (non-hydrogen) atoms. The Hall–Kier alpha value is -0.590. The number of carbonyl (C=O) groups excluding carboxylic acids is 1. The molecular formula is C13H18Br2N2O2. The Bertz CT molecular complexity index is 425. The third kappa shape index (κ3) is 4.78. The van der Waals surface area contributed by atoms with Gasteiger partial charge >= 0.3 is 5.97 Å². The maximum atomic E-state index is 11.9. The minimum absolute atomic E-state index is 0.339. The Morgan fingerprint density at radius 2 is 1.79 bits per heavy atom. The fraction of sp³-hybridized carbons (Fsp3) is 0.462. The molecule has 0 unspecified atom stereocenters. The van der Waals surface area contributed by atoms with E-state index in [0.29, 0.717) is 26.8 Å². The zero-order valence-corrected chi connectivity index (χ0v) is 14.3. The summed E-state index contributed by atoms with van der Waals surface area (Å²) in [5.74, 6) is -0.339. The predicted molar refractivity (Wildman–Crippen MR) is 84.3 cm³/mol. The van der Waals surface area contributed by atoms with Crippen LogP contribution in [0.15, 0.2) is 21.1 Å². The number of ether oxygens (including phenoxy) is 1. The number of rotatable bonds is 6. The fourth-order valence-corrected chi connectivity index (χ4v) is 2.78. The number of hydrogen-bond acceptors (Lipinski definition) is 4. The van der Waals surface area contributed by atoms with Crippen LogP contribution in [-0.2, 0) is 4.74 Å². The van der Waals surface area contributed by atoms with E-state index in [1.54, 1.807) is 12.1 Å². The van der Waals surface area contributed by atoms with E-state index in [0.717, 1.165) is 19.6 Å². The topological polar surface area (TPSA) is 55.6 Å². The highest BCUT2D eigenvalue weighted by atomic mass is 79.9. The highest BCUT2D eigenvalue weighted by Crippen LogP contribution is 2.29. The first-order valence-corrected chi connectivity index (χ1v) is 7.72. The zero-order chi connectivity index (χ0) is 14.4. The van der Waals surface area contributed by atoms with Crippen molar-refractivity contribution in [2.75, 3.05) is 32.0 Å². The van der Waals surface area contributed by atoms with Crippen LogP contribution in [0, 0.1) is 0 Å². The molecule has 6 heteroatoms. The van der Waals surface area contributed by atoms with E-state index in [1.807, 2.05) is 0 Å². The van der Waals surface area contributed by atoms with Crippen LogP contribution < -0.4 is 5.73 Å². The Kier molecular flexibility index (Phi) is 6.82. The molecule has 4 nitrogen and oxygen atoms in total. The molecule has 1 aromatic carbocycles. The van der Waals surface area contributed by atoms with Crippen LogP contribution in [0.4, 0.5) is 5.69 Å². The van der Waals surface area contributed by atoms with Gasteiger partial charge in [-0.2, -0.15) is 0 Å². The van der Waals surface area contributed by atoms with Gasteiger partial charge in [0.2, 0.25) is 0 Å². The number of hydrogen-bond donors (Lipinski definition) is 1. The van der Waals surface area contributed by atoms with E-state index in [2.05, 4.69) is 50.6 Å². The minimum atomic E-state index is -0.339. The number of anilines is 1. The first kappa shape index (κ1) is 16.5. The average molecular weight is 394 g/mol. The third-order valence-electron chi connectivity index (χ3n) is 2.85. The van der Waals surface area contributed by atoms with E-state index in [4.69, 9.17) is 10.5 Å². The monoisotopic (exact) mass is 392 g/mol. The average Bonchev–Trinajstić information content (AvgIpc) is 2.40. The Morgan fingerprint density at radius 3 is 2.26 bits per heavy atom. The van der Waals surface area contributed by atoms with Crippen molar-refractivity contribution < 1.29 is 9.53 Å². The van der Waals surface area contributed by atoms with Gasteiger partial charge in [0.1, 0.15) is 6.61 Å². The molecule has 106 valence electrons. The summed E-state index contributed by atoms with van der Waals surface area (Å²) in [4.78, 5) is 14.1. The second-order valence-electron chi connectivity index (χ2n) is 4.02. The van der Waals surface area contributed by atoms with E-state index < -0.39 is 0 Å². The lowest BCUT2D eigenvalue weighted by molar-refractivity contribution is 0.0466. The Balaban J connectivity index is 2.59. The summed E-state index contributed by atoms with van der Waals surface area (Å²) in [7, 11) is 0. The predicted octanol–water partition coefficient (Wildman–Crippen LogP) is 3.29. The van der Waals surface area contributed by atoms with E-state index >= 15 is 0 Å². The number of carbonyl (C=O) groups is 1. The van der Waals surface area contributed by atoms with Gasteiger partial charge in [0, 0.05) is 15.5 Å². The SMILES string of the molecule is CCN(CC)CCOC(=O)c1cc(Br)c(N)c(Br)c1. The molecule has 1 rings (SSSR count). The highest BCUT2D eigenvalue weighted by Gasteiger charge is 2.12. The summed E-state index contributed by atoms with van der Waals surface area (Å²) in [6.07, 6.45) is 0. The molecule has 0 radical (unpaired) electrons. The molecule has 0 heterocycles. The van der Waals surface area contributed by atoms with Crippen molar-refractivity contribution in [3.05, 3.63) is 26.6 Å². The van der Waals surface area contributed by atoms with E-state index in [9.17, 15) is 4.79 Å². The second kappa shape index (κ2) is 7.87. The number of halogens is 2. The molecule has 0 bridgehead atoms. The van der Waals surface area contributed by atoms with Gasteiger partial charge in [-0.05, 0) is 57.1 Å². The lowest BCUT2D eigenvalue weighted by Crippen LogP contribution is -2.27. The summed E-state index contributed by atoms with van der Waals surface area (Å²) >= 11 is 6.62. The van der Waals surface area contributed by atoms with E-state index in [-0.39, 0.29) is 5.97 Å². The van der Waals surface area contributed by atoms with Crippen molar-refractivity contribution in [3.8, 4) is 0 Å². The van der Waals surface area contributed by atoms with Crippen LogP contribution in [0.1, 0.15) is 24.2 Å². The van der Waals surface area contributed by atoms with Crippen molar-refractivity contribution in [2.24, 2.45) is 0 Å². The first-order valence-electron chi connectivity index (χ1n) is 6.13. The molecule has 0 amide bonds. The van der Waals surface area contributed by atoms with Crippen molar-refractivity contribution in [1.82, 2.24) is 4.90 Å². The number of benzene rings is 1. The third-order valence-corrected chi connectivity index (χ3v) is 4.16. The van der Waals surface area contributed by atoms with Crippen LogP contribution in [0.5, 0.6) is 0 Å². The van der Waals surface area contributed by atoms with Crippen LogP contribution in [0.3, 0.4) is 0 Å². The maximum absolute atomic E-state index is 11.9. The van der Waals surface area contributed by atoms with Crippen molar-refractivity contribution in [1.29, 1.82) is 0 Å². The zero-order valence-electron chi connectivity index (χ0n) is 11.1. The molecule has 0 saturated heterocycles. The van der Waals surface area contributed by atoms with Gasteiger partial charge < -0.3 is 15.4 Å². The van der Waals surface area contributed by atoms with Gasteiger partial charge in [0.25, 0.3) is 0 Å². The lowest BCUT2D eigenvalue weighted by atomic mass is 10.2. The smallest absolute Gasteiger partial charge is 0.338 e. The molecule has 1 aromatic rings. The van der Waals surface area contributed by atoms with Gasteiger partial charge in [0.15, 0.2) is 0 Å². The molecule has 0 aliphatic heterocycles. The second-order valence-corrected chi connectivity index (χ2v) is 5.73. The highest BCUT2D eigenvalue weighted by molar-refractivity contribution is 9.11. The van der Waals surface area contributed by atoms with Gasteiger partial charge in [-0.25, -0.2) is 4.79 Å². The minimum Gasteiger partial charge on any atom is -0.461 e. The summed E-state index contributed by atoms with van der Waals surface area (Å²) in [5, 5.41) is 0. The largest absolute Gasteiger partial charge is 0.461 e. The standard InChI is InChI=1S/C13H18Br2N2O2/c1-3-17(4-2)5-6-19-13(18)9-7-10(14)12(16)11(15)8-9/h7-8H,3-6,16H2,1-2H3. The summed E-state index contributed by atoms with van der Waals surface area (Å²) in [5.41, 5.74) is 6.82. The molecule has 0 spiro atoms. The van der Waals surface area contributed by atoms with Crippen molar-refractivity contribution in [3.63, 3.8) is 0 Å². The molecule has 0 aliphatic rings. The molecule has 0 saturated carbocycles.